The smallest absolute Gasteiger partial charge is 0.0640 e. The quantitative estimate of drug-likeness (QED) is 0.162. The van der Waals surface area contributed by atoms with Crippen LogP contribution in [0.1, 0.15) is 7.43 Å². The van der Waals surface area contributed by atoms with Crippen molar-refractivity contribution in [3.05, 3.63) is 194 Å². The molecular weight excluding hydrogens is 681 g/mol. The Labute approximate surface area is 318 Å². The third-order valence-corrected chi connectivity index (χ3v) is 12.3. The summed E-state index contributed by atoms with van der Waals surface area (Å²) >= 11 is 3.73. The van der Waals surface area contributed by atoms with E-state index in [0.29, 0.717) is 0 Å². The molecule has 0 atom stereocenters. The molecule has 0 unspecified atom stereocenters. The monoisotopic (exact) mass is 716 g/mol. The maximum atomic E-state index is 2.39. The number of fused-ring (bicyclic) bond motifs is 6. The number of thiophene rings is 2. The highest BCUT2D eigenvalue weighted by Gasteiger charge is 2.20. The first kappa shape index (κ1) is 32.7. The van der Waals surface area contributed by atoms with Gasteiger partial charge in [0.25, 0.3) is 0 Å². The molecule has 4 heteroatoms. The minimum atomic E-state index is 0. The third kappa shape index (κ3) is 5.73. The fraction of sp³-hybridized carbons (Fsp3) is 0.0204. The summed E-state index contributed by atoms with van der Waals surface area (Å²) in [5.41, 5.74) is 9.28. The van der Waals surface area contributed by atoms with E-state index in [1.54, 1.807) is 0 Å². The van der Waals surface area contributed by atoms with Crippen molar-refractivity contribution in [1.29, 1.82) is 0 Å². The van der Waals surface area contributed by atoms with Crippen LogP contribution in [-0.4, -0.2) is 0 Å². The molecule has 8 aromatic carbocycles. The molecule has 0 aliphatic carbocycles. The Hall–Kier alpha value is -6.20. The molecule has 0 amide bonds. The fourth-order valence-corrected chi connectivity index (χ4v) is 9.84. The van der Waals surface area contributed by atoms with E-state index in [-0.39, 0.29) is 7.43 Å². The Kier molecular flexibility index (Phi) is 8.47. The Bertz CT molecular complexity index is 2640. The average molecular weight is 717 g/mol. The van der Waals surface area contributed by atoms with Gasteiger partial charge in [-0.2, -0.15) is 0 Å². The molecule has 2 nitrogen and oxygen atoms in total. The number of rotatable bonds is 7. The molecule has 10 aromatic rings. The van der Waals surface area contributed by atoms with Crippen molar-refractivity contribution in [3.8, 4) is 11.1 Å². The maximum Gasteiger partial charge on any atom is 0.0640 e. The van der Waals surface area contributed by atoms with E-state index in [9.17, 15) is 0 Å². The van der Waals surface area contributed by atoms with Gasteiger partial charge in [-0.3, -0.25) is 0 Å². The second-order valence-electron chi connectivity index (χ2n) is 12.9. The van der Waals surface area contributed by atoms with Crippen molar-refractivity contribution in [2.75, 3.05) is 9.80 Å². The number of hydrogen-bond donors (Lipinski definition) is 0. The number of anilines is 6. The molecule has 0 fully saturated rings. The highest BCUT2D eigenvalue weighted by Crippen LogP contribution is 2.46. The van der Waals surface area contributed by atoms with Gasteiger partial charge in [0, 0.05) is 53.7 Å². The fourth-order valence-electron chi connectivity index (χ4n) is 7.43. The highest BCUT2D eigenvalue weighted by atomic mass is 32.1. The minimum absolute atomic E-state index is 0. The summed E-state index contributed by atoms with van der Waals surface area (Å²) in [5.74, 6) is 0. The lowest BCUT2D eigenvalue weighted by molar-refractivity contribution is 1.30. The van der Waals surface area contributed by atoms with Gasteiger partial charge in [0.2, 0.25) is 0 Å². The lowest BCUT2D eigenvalue weighted by atomic mass is 10.0. The van der Waals surface area contributed by atoms with E-state index in [1.165, 1.54) is 62.8 Å². The molecular formula is C49H36N2S2. The van der Waals surface area contributed by atoms with Crippen LogP contribution in [0.5, 0.6) is 0 Å². The maximum absolute atomic E-state index is 2.39. The average Bonchev–Trinajstić information content (AvgIpc) is 3.79. The molecule has 2 aromatic heterocycles. The number of benzene rings is 8. The van der Waals surface area contributed by atoms with Gasteiger partial charge in [-0.1, -0.05) is 129 Å². The van der Waals surface area contributed by atoms with Crippen LogP contribution in [0.3, 0.4) is 0 Å². The molecule has 0 aliphatic rings. The van der Waals surface area contributed by atoms with Crippen molar-refractivity contribution in [2.45, 2.75) is 7.43 Å². The van der Waals surface area contributed by atoms with Crippen LogP contribution in [0.25, 0.3) is 51.5 Å². The first-order valence-corrected chi connectivity index (χ1v) is 19.1. The molecule has 0 saturated carbocycles. The van der Waals surface area contributed by atoms with Crippen LogP contribution < -0.4 is 9.80 Å². The number of para-hydroxylation sites is 2. The molecule has 0 saturated heterocycles. The van der Waals surface area contributed by atoms with Crippen LogP contribution in [0.4, 0.5) is 34.1 Å². The van der Waals surface area contributed by atoms with E-state index in [2.05, 4.69) is 204 Å². The highest BCUT2D eigenvalue weighted by molar-refractivity contribution is 7.26. The zero-order valence-corrected chi connectivity index (χ0v) is 29.8. The van der Waals surface area contributed by atoms with Gasteiger partial charge >= 0.3 is 0 Å². The van der Waals surface area contributed by atoms with Crippen LogP contribution in [0.15, 0.2) is 194 Å². The summed E-state index contributed by atoms with van der Waals surface area (Å²) in [5, 5.41) is 5.21. The van der Waals surface area contributed by atoms with Crippen LogP contribution in [0, 0.1) is 0 Å². The van der Waals surface area contributed by atoms with Gasteiger partial charge in [0.1, 0.15) is 0 Å². The van der Waals surface area contributed by atoms with Crippen LogP contribution >= 0.6 is 22.7 Å². The van der Waals surface area contributed by atoms with Crippen molar-refractivity contribution in [2.24, 2.45) is 0 Å². The lowest BCUT2D eigenvalue weighted by Gasteiger charge is -2.26. The van der Waals surface area contributed by atoms with E-state index in [0.717, 1.165) is 22.7 Å². The predicted molar refractivity (Wildman–Crippen MR) is 234 cm³/mol. The number of hydrogen-bond acceptors (Lipinski definition) is 4. The minimum Gasteiger partial charge on any atom is -0.309 e. The first-order chi connectivity index (χ1) is 25.8. The summed E-state index contributed by atoms with van der Waals surface area (Å²) in [7, 11) is 0. The van der Waals surface area contributed by atoms with Gasteiger partial charge in [0.05, 0.1) is 20.8 Å². The van der Waals surface area contributed by atoms with Gasteiger partial charge < -0.3 is 9.80 Å². The molecule has 0 N–H and O–H groups in total. The summed E-state index contributed by atoms with van der Waals surface area (Å²) in [6.45, 7) is 0. The number of nitrogens with zero attached hydrogens (tertiary/aromatic N) is 2. The Morgan fingerprint density at radius 2 is 0.623 bits per heavy atom. The molecule has 254 valence electrons. The molecule has 0 aliphatic heterocycles. The zero-order chi connectivity index (χ0) is 34.4. The van der Waals surface area contributed by atoms with E-state index < -0.39 is 0 Å². The summed E-state index contributed by atoms with van der Waals surface area (Å²) in [6.07, 6.45) is 0. The SMILES string of the molecule is C.c1ccc(N(c2ccc(-c3ccc(N(c4ccccc4)c4cccc5c4sc4ccccc45)cc3)cc2)c2cccc3c2sc2ccccc23)cc1. The van der Waals surface area contributed by atoms with Crippen molar-refractivity contribution in [1.82, 2.24) is 0 Å². The van der Waals surface area contributed by atoms with E-state index >= 15 is 0 Å². The first-order valence-electron chi connectivity index (χ1n) is 17.5. The summed E-state index contributed by atoms with van der Waals surface area (Å²) < 4.78 is 5.20. The summed E-state index contributed by atoms with van der Waals surface area (Å²) in [6, 6.07) is 70.1. The van der Waals surface area contributed by atoms with Gasteiger partial charge in [-0.15, -0.1) is 22.7 Å². The second kappa shape index (κ2) is 13.7. The van der Waals surface area contributed by atoms with Gasteiger partial charge in [-0.25, -0.2) is 0 Å². The lowest BCUT2D eigenvalue weighted by Crippen LogP contribution is -2.10. The van der Waals surface area contributed by atoms with Crippen molar-refractivity contribution < 1.29 is 0 Å². The standard InChI is InChI=1S/C48H32N2S2.CH4/c1-3-13-35(14-4-1)49(43-21-11-19-41-39-17-7-9-23-45(39)51-47(41)43)37-29-25-33(26-30-37)34-27-31-38(32-28-34)50(36-15-5-2-6-16-36)44-22-12-20-42-40-18-8-10-24-46(40)52-48(42)44;/h1-32H;1H4. The van der Waals surface area contributed by atoms with E-state index in [1.807, 2.05) is 22.7 Å². The predicted octanol–water partition coefficient (Wildman–Crippen LogP) is 15.7. The van der Waals surface area contributed by atoms with Crippen LogP contribution in [0.2, 0.25) is 0 Å². The molecule has 0 spiro atoms. The molecule has 53 heavy (non-hydrogen) atoms. The molecule has 0 bridgehead atoms. The van der Waals surface area contributed by atoms with Gasteiger partial charge in [-0.05, 0) is 83.9 Å². The Morgan fingerprint density at radius 1 is 0.283 bits per heavy atom. The van der Waals surface area contributed by atoms with Crippen molar-refractivity contribution in [3.63, 3.8) is 0 Å². The molecule has 2 heterocycles. The largest absolute Gasteiger partial charge is 0.309 e. The normalized spacial score (nSPS) is 11.2. The van der Waals surface area contributed by atoms with Gasteiger partial charge in [0.15, 0.2) is 0 Å². The Balaban J connectivity index is 0.00000372. The molecule has 0 radical (unpaired) electrons. The summed E-state index contributed by atoms with van der Waals surface area (Å²) in [4.78, 5) is 4.77. The Morgan fingerprint density at radius 3 is 1.04 bits per heavy atom. The molecule has 10 rings (SSSR count). The third-order valence-electron chi connectivity index (χ3n) is 9.86. The second-order valence-corrected chi connectivity index (χ2v) is 15.0. The van der Waals surface area contributed by atoms with Crippen molar-refractivity contribution >= 4 is 97.1 Å². The zero-order valence-electron chi connectivity index (χ0n) is 28.2. The van der Waals surface area contributed by atoms with Crippen LogP contribution in [-0.2, 0) is 0 Å². The van der Waals surface area contributed by atoms with E-state index in [4.69, 9.17) is 0 Å². The topological polar surface area (TPSA) is 6.48 Å².